The molecule has 0 bridgehead atoms. The summed E-state index contributed by atoms with van der Waals surface area (Å²) in [7, 11) is -3.52. The van der Waals surface area contributed by atoms with E-state index in [9.17, 15) is 13.7 Å². The van der Waals surface area contributed by atoms with E-state index in [2.05, 4.69) is 38.2 Å². The number of rotatable bonds is 5. The summed E-state index contributed by atoms with van der Waals surface area (Å²) in [5.74, 6) is 0. The van der Waals surface area contributed by atoms with E-state index >= 15 is 0 Å². The van der Waals surface area contributed by atoms with Crippen molar-refractivity contribution in [2.24, 2.45) is 0 Å². The van der Waals surface area contributed by atoms with Crippen molar-refractivity contribution >= 4 is 43.9 Å². The lowest BCUT2D eigenvalue weighted by atomic mass is 10.0. The van der Waals surface area contributed by atoms with Gasteiger partial charge in [0.25, 0.3) is 0 Å². The summed E-state index contributed by atoms with van der Waals surface area (Å²) >= 11 is 6.09. The average Bonchev–Trinajstić information content (AvgIpc) is 3.22. The Morgan fingerprint density at radius 2 is 1.91 bits per heavy atom. The van der Waals surface area contributed by atoms with Gasteiger partial charge in [-0.15, -0.1) is 0 Å². The first kappa shape index (κ1) is 22.1. The Morgan fingerprint density at radius 3 is 2.71 bits per heavy atom. The molecule has 0 aliphatic heterocycles. The number of aryl methyl sites for hydroxylation is 1. The molecule has 2 N–H and O–H groups in total. The van der Waals surface area contributed by atoms with Crippen LogP contribution in [0.4, 0.5) is 11.4 Å². The molecule has 9 heteroatoms. The maximum Gasteiger partial charge on any atom is 0.229 e. The van der Waals surface area contributed by atoms with Crippen LogP contribution in [0.1, 0.15) is 29.2 Å². The van der Waals surface area contributed by atoms with Crippen LogP contribution < -0.4 is 10.0 Å². The summed E-state index contributed by atoms with van der Waals surface area (Å²) in [6.07, 6.45) is 6.15. The molecule has 1 aliphatic carbocycles. The SMILES string of the molecule is CS(=O)(=O)Nc1cc(-c2ccc3ncc(C#N)c(NC4CCc5ccccc54)c3c2)cnc1Cl. The van der Waals surface area contributed by atoms with Crippen molar-refractivity contribution in [2.45, 2.75) is 18.9 Å². The summed E-state index contributed by atoms with van der Waals surface area (Å²) in [4.78, 5) is 8.59. The molecule has 1 atom stereocenters. The molecule has 170 valence electrons. The third kappa shape index (κ3) is 4.28. The van der Waals surface area contributed by atoms with Gasteiger partial charge in [-0.05, 0) is 47.7 Å². The highest BCUT2D eigenvalue weighted by atomic mass is 35.5. The third-order valence-corrected chi connectivity index (χ3v) is 6.80. The van der Waals surface area contributed by atoms with Gasteiger partial charge in [-0.1, -0.05) is 41.9 Å². The number of hydrogen-bond acceptors (Lipinski definition) is 6. The number of halogens is 1. The Morgan fingerprint density at radius 1 is 1.09 bits per heavy atom. The van der Waals surface area contributed by atoms with Crippen LogP contribution in [-0.4, -0.2) is 24.6 Å². The molecule has 0 saturated carbocycles. The summed E-state index contributed by atoms with van der Waals surface area (Å²) < 4.78 is 25.8. The minimum Gasteiger partial charge on any atom is -0.377 e. The monoisotopic (exact) mass is 489 g/mol. The van der Waals surface area contributed by atoms with Crippen LogP contribution >= 0.6 is 11.6 Å². The highest BCUT2D eigenvalue weighted by Gasteiger charge is 2.23. The van der Waals surface area contributed by atoms with Gasteiger partial charge in [-0.25, -0.2) is 13.4 Å². The van der Waals surface area contributed by atoms with Crippen molar-refractivity contribution in [3.8, 4) is 17.2 Å². The summed E-state index contributed by atoms with van der Waals surface area (Å²) in [5.41, 5.74) is 6.16. The Balaban J connectivity index is 1.60. The molecule has 1 unspecified atom stereocenters. The van der Waals surface area contributed by atoms with Crippen LogP contribution in [0.5, 0.6) is 0 Å². The van der Waals surface area contributed by atoms with E-state index in [4.69, 9.17) is 11.6 Å². The van der Waals surface area contributed by atoms with Crippen molar-refractivity contribution in [1.29, 1.82) is 5.26 Å². The van der Waals surface area contributed by atoms with E-state index in [0.29, 0.717) is 11.1 Å². The Labute approximate surface area is 202 Å². The van der Waals surface area contributed by atoms with Gasteiger partial charge >= 0.3 is 0 Å². The predicted octanol–water partition coefficient (Wildman–Crippen LogP) is 5.29. The number of benzene rings is 2. The average molecular weight is 490 g/mol. The number of pyridine rings is 2. The molecule has 0 spiro atoms. The summed E-state index contributed by atoms with van der Waals surface area (Å²) in [5, 5.41) is 14.2. The molecule has 0 radical (unpaired) electrons. The second-order valence-corrected chi connectivity index (χ2v) is 10.4. The lowest BCUT2D eigenvalue weighted by Crippen LogP contribution is -2.10. The number of anilines is 2. The van der Waals surface area contributed by atoms with Crippen LogP contribution in [0.25, 0.3) is 22.0 Å². The molecule has 5 rings (SSSR count). The number of nitrogens with zero attached hydrogens (tertiary/aromatic N) is 3. The molecular formula is C25H20ClN5O2S. The molecule has 2 aromatic heterocycles. The molecule has 0 amide bonds. The van der Waals surface area contributed by atoms with E-state index in [0.717, 1.165) is 41.3 Å². The van der Waals surface area contributed by atoms with Gasteiger partial charge in [0.2, 0.25) is 10.0 Å². The summed E-state index contributed by atoms with van der Waals surface area (Å²) in [6.45, 7) is 0. The van der Waals surface area contributed by atoms with Crippen LogP contribution in [0.3, 0.4) is 0 Å². The molecule has 34 heavy (non-hydrogen) atoms. The Kier molecular flexibility index (Phi) is 5.60. The van der Waals surface area contributed by atoms with Crippen molar-refractivity contribution < 1.29 is 8.42 Å². The van der Waals surface area contributed by atoms with Gasteiger partial charge in [-0.3, -0.25) is 9.71 Å². The van der Waals surface area contributed by atoms with Crippen molar-refractivity contribution in [3.05, 3.63) is 82.8 Å². The van der Waals surface area contributed by atoms with Crippen molar-refractivity contribution in [1.82, 2.24) is 9.97 Å². The normalized spacial score (nSPS) is 15.0. The van der Waals surface area contributed by atoms with E-state index < -0.39 is 10.0 Å². The maximum atomic E-state index is 11.7. The number of nitriles is 1. The molecule has 4 aromatic rings. The first-order valence-electron chi connectivity index (χ1n) is 10.6. The van der Waals surface area contributed by atoms with Gasteiger partial charge < -0.3 is 5.32 Å². The quantitative estimate of drug-likeness (QED) is 0.368. The minimum atomic E-state index is -3.52. The highest BCUT2D eigenvalue weighted by Crippen LogP contribution is 2.38. The van der Waals surface area contributed by atoms with Gasteiger partial charge in [0, 0.05) is 23.3 Å². The van der Waals surface area contributed by atoms with Gasteiger partial charge in [0.1, 0.15) is 6.07 Å². The standard InChI is InChI=1S/C25H20ClN5O2S/c1-34(32,33)31-23-11-17(13-29-25(23)26)16-7-8-21-20(10-16)24(18(12-27)14-28-21)30-22-9-6-15-4-2-3-5-19(15)22/h2-5,7-8,10-11,13-14,22,31H,6,9H2,1H3,(H,28,30). The summed E-state index contributed by atoms with van der Waals surface area (Å²) in [6, 6.07) is 18.0. The smallest absolute Gasteiger partial charge is 0.229 e. The van der Waals surface area contributed by atoms with Gasteiger partial charge in [0.15, 0.2) is 5.15 Å². The predicted molar refractivity (Wildman–Crippen MR) is 134 cm³/mol. The number of nitrogens with one attached hydrogen (secondary N) is 2. The maximum absolute atomic E-state index is 11.7. The first-order valence-corrected chi connectivity index (χ1v) is 12.9. The van der Waals surface area contributed by atoms with E-state index in [1.807, 2.05) is 30.3 Å². The zero-order valence-corrected chi connectivity index (χ0v) is 19.8. The molecule has 2 heterocycles. The molecule has 0 saturated heterocycles. The van der Waals surface area contributed by atoms with E-state index in [-0.39, 0.29) is 16.9 Å². The van der Waals surface area contributed by atoms with Crippen LogP contribution in [-0.2, 0) is 16.4 Å². The lowest BCUT2D eigenvalue weighted by molar-refractivity contribution is 0.607. The Hall–Kier alpha value is -3.67. The number of aromatic nitrogens is 2. The van der Waals surface area contributed by atoms with Crippen LogP contribution in [0.15, 0.2) is 60.9 Å². The Bertz CT molecular complexity index is 1580. The molecular weight excluding hydrogens is 470 g/mol. The highest BCUT2D eigenvalue weighted by molar-refractivity contribution is 7.92. The van der Waals surface area contributed by atoms with Crippen LogP contribution in [0.2, 0.25) is 5.15 Å². The van der Waals surface area contributed by atoms with Crippen molar-refractivity contribution in [2.75, 3.05) is 16.3 Å². The van der Waals surface area contributed by atoms with Gasteiger partial charge in [0.05, 0.1) is 34.8 Å². The van der Waals surface area contributed by atoms with Gasteiger partial charge in [-0.2, -0.15) is 5.26 Å². The van der Waals surface area contributed by atoms with E-state index in [1.165, 1.54) is 11.1 Å². The minimum absolute atomic E-state index is 0.0608. The fraction of sp³-hybridized carbons (Fsp3) is 0.160. The topological polar surface area (TPSA) is 108 Å². The lowest BCUT2D eigenvalue weighted by Gasteiger charge is -2.19. The largest absolute Gasteiger partial charge is 0.377 e. The molecule has 1 aliphatic rings. The number of sulfonamides is 1. The van der Waals surface area contributed by atoms with Crippen LogP contribution in [0, 0.1) is 11.3 Å². The number of fused-ring (bicyclic) bond motifs is 2. The molecule has 7 nitrogen and oxygen atoms in total. The first-order chi connectivity index (χ1) is 16.3. The van der Waals surface area contributed by atoms with Crippen molar-refractivity contribution in [3.63, 3.8) is 0 Å². The molecule has 2 aromatic carbocycles. The zero-order valence-electron chi connectivity index (χ0n) is 18.2. The molecule has 0 fully saturated rings. The van der Waals surface area contributed by atoms with E-state index in [1.54, 1.807) is 18.5 Å². The fourth-order valence-corrected chi connectivity index (χ4v) is 5.13. The zero-order chi connectivity index (χ0) is 23.9. The second kappa shape index (κ2) is 8.60. The number of hydrogen-bond donors (Lipinski definition) is 2. The third-order valence-electron chi connectivity index (χ3n) is 5.91. The second-order valence-electron chi connectivity index (χ2n) is 8.26. The fourth-order valence-electron chi connectivity index (χ4n) is 4.37.